The smallest absolute Gasteiger partial charge is 0.332 e. The van der Waals surface area contributed by atoms with E-state index in [2.05, 4.69) is 15.8 Å². The fourth-order valence-electron chi connectivity index (χ4n) is 2.67. The van der Waals surface area contributed by atoms with Gasteiger partial charge in [-0.2, -0.15) is 0 Å². The lowest BCUT2D eigenvalue weighted by Crippen LogP contribution is -2.47. The molecule has 0 saturated carbocycles. The number of hydrazine groups is 1. The highest BCUT2D eigenvalue weighted by Gasteiger charge is 2.18. The topological polar surface area (TPSA) is 124 Å². The molecule has 2 N–H and O–H groups in total. The minimum absolute atomic E-state index is 0.0128. The molecule has 1 atom stereocenters. The molecule has 0 aliphatic heterocycles. The number of carbonyl (C=O) groups is 2. The molecular weight excluding hydrogens is 397 g/mol. The Kier molecular flexibility index (Phi) is 5.63. The Hall–Kier alpha value is -4.02. The van der Waals surface area contributed by atoms with Crippen molar-refractivity contribution in [1.82, 2.24) is 25.0 Å². The van der Waals surface area contributed by atoms with Crippen LogP contribution in [0.15, 0.2) is 46.1 Å². The third-order valence-corrected chi connectivity index (χ3v) is 4.36. The fourth-order valence-corrected chi connectivity index (χ4v) is 2.67. The summed E-state index contributed by atoms with van der Waals surface area (Å²) < 4.78 is 20.9. The summed E-state index contributed by atoms with van der Waals surface area (Å²) in [5, 5.41) is 0.0647. The van der Waals surface area contributed by atoms with Gasteiger partial charge in [-0.25, -0.2) is 14.2 Å². The van der Waals surface area contributed by atoms with Gasteiger partial charge in [-0.05, 0) is 25.1 Å². The first-order chi connectivity index (χ1) is 14.2. The van der Waals surface area contributed by atoms with E-state index in [1.54, 1.807) is 6.07 Å². The van der Waals surface area contributed by atoms with Crippen LogP contribution in [0.3, 0.4) is 0 Å². The van der Waals surface area contributed by atoms with E-state index in [0.29, 0.717) is 0 Å². The second-order valence-electron chi connectivity index (χ2n) is 6.43. The standard InChI is InChI=1S/C19H18FN5O5/c1-10(30-14-7-5-4-6-13(14)20)16(26)22-23-17(27)11-8-12-15(21-9-11)24(2)19(29)25(3)18(12)28/h4-10H,1-3H3,(H,22,26)(H,23,27)/t10-/m1/s1. The first-order valence-electron chi connectivity index (χ1n) is 8.78. The Morgan fingerprint density at radius 3 is 2.53 bits per heavy atom. The third-order valence-electron chi connectivity index (χ3n) is 4.36. The molecule has 0 saturated heterocycles. The Morgan fingerprint density at radius 1 is 1.13 bits per heavy atom. The number of fused-ring (bicyclic) bond motifs is 1. The van der Waals surface area contributed by atoms with E-state index in [4.69, 9.17) is 4.74 Å². The van der Waals surface area contributed by atoms with Crippen molar-refractivity contribution in [2.75, 3.05) is 0 Å². The summed E-state index contributed by atoms with van der Waals surface area (Å²) in [7, 11) is 2.77. The van der Waals surface area contributed by atoms with Crippen LogP contribution < -0.4 is 26.8 Å². The largest absolute Gasteiger partial charge is 0.478 e. The van der Waals surface area contributed by atoms with Crippen LogP contribution in [0.25, 0.3) is 11.0 Å². The second kappa shape index (κ2) is 8.15. The van der Waals surface area contributed by atoms with Crippen molar-refractivity contribution in [2.24, 2.45) is 14.1 Å². The Morgan fingerprint density at radius 2 is 1.83 bits per heavy atom. The van der Waals surface area contributed by atoms with Gasteiger partial charge >= 0.3 is 5.69 Å². The molecule has 156 valence electrons. The molecule has 2 aromatic heterocycles. The van der Waals surface area contributed by atoms with Crippen molar-refractivity contribution in [3.05, 3.63) is 68.7 Å². The molecule has 0 fully saturated rings. The molecule has 3 rings (SSSR count). The van der Waals surface area contributed by atoms with E-state index >= 15 is 0 Å². The van der Waals surface area contributed by atoms with Gasteiger partial charge < -0.3 is 4.74 Å². The molecule has 0 radical (unpaired) electrons. The maximum Gasteiger partial charge on any atom is 0.332 e. The van der Waals surface area contributed by atoms with Gasteiger partial charge in [-0.3, -0.25) is 34.4 Å². The molecule has 3 aromatic rings. The Balaban J connectivity index is 1.72. The van der Waals surface area contributed by atoms with Gasteiger partial charge in [0.15, 0.2) is 17.7 Å². The number of ether oxygens (including phenoxy) is 1. The zero-order chi connectivity index (χ0) is 22.0. The van der Waals surface area contributed by atoms with Crippen molar-refractivity contribution in [3.8, 4) is 5.75 Å². The predicted molar refractivity (Wildman–Crippen MR) is 104 cm³/mol. The summed E-state index contributed by atoms with van der Waals surface area (Å²) in [6.45, 7) is 1.38. The molecule has 11 heteroatoms. The van der Waals surface area contributed by atoms with E-state index in [-0.39, 0.29) is 22.3 Å². The Bertz CT molecular complexity index is 1270. The number of aryl methyl sites for hydroxylation is 1. The molecule has 0 spiro atoms. The van der Waals surface area contributed by atoms with Crippen LogP contribution in [-0.2, 0) is 18.9 Å². The maximum atomic E-state index is 13.6. The monoisotopic (exact) mass is 415 g/mol. The lowest BCUT2D eigenvalue weighted by Gasteiger charge is -2.15. The lowest BCUT2D eigenvalue weighted by molar-refractivity contribution is -0.128. The highest BCUT2D eigenvalue weighted by Crippen LogP contribution is 2.16. The van der Waals surface area contributed by atoms with Crippen LogP contribution in [0, 0.1) is 5.82 Å². The highest BCUT2D eigenvalue weighted by atomic mass is 19.1. The van der Waals surface area contributed by atoms with Crippen molar-refractivity contribution in [2.45, 2.75) is 13.0 Å². The number of nitrogens with one attached hydrogen (secondary N) is 2. The molecule has 0 bridgehead atoms. The third kappa shape index (κ3) is 3.90. The number of carbonyl (C=O) groups excluding carboxylic acids is 2. The van der Waals surface area contributed by atoms with Crippen LogP contribution in [0.2, 0.25) is 0 Å². The number of para-hydroxylation sites is 1. The molecule has 2 amide bonds. The van der Waals surface area contributed by atoms with Crippen LogP contribution in [0.4, 0.5) is 4.39 Å². The van der Waals surface area contributed by atoms with Crippen molar-refractivity contribution < 1.29 is 18.7 Å². The fraction of sp³-hybridized carbons (Fsp3) is 0.211. The van der Waals surface area contributed by atoms with Gasteiger partial charge in [0.05, 0.1) is 10.9 Å². The molecule has 0 aliphatic carbocycles. The van der Waals surface area contributed by atoms with Crippen LogP contribution in [0.5, 0.6) is 5.75 Å². The van der Waals surface area contributed by atoms with Gasteiger partial charge in [-0.15, -0.1) is 0 Å². The molecule has 30 heavy (non-hydrogen) atoms. The molecule has 1 aromatic carbocycles. The van der Waals surface area contributed by atoms with E-state index in [9.17, 15) is 23.6 Å². The van der Waals surface area contributed by atoms with Crippen LogP contribution >= 0.6 is 0 Å². The number of benzene rings is 1. The number of hydrogen-bond acceptors (Lipinski definition) is 6. The zero-order valence-corrected chi connectivity index (χ0v) is 16.3. The van der Waals surface area contributed by atoms with Crippen molar-refractivity contribution in [3.63, 3.8) is 0 Å². The molecular formula is C19H18FN5O5. The quantitative estimate of drug-likeness (QED) is 0.578. The summed E-state index contributed by atoms with van der Waals surface area (Å²) in [6.07, 6.45) is 0.0702. The van der Waals surface area contributed by atoms with E-state index in [0.717, 1.165) is 4.57 Å². The molecule has 0 aliphatic rings. The number of halogens is 1. The SMILES string of the molecule is C[C@@H](Oc1ccccc1F)C(=O)NNC(=O)c1cnc2c(c1)c(=O)n(C)c(=O)n2C. The number of aromatic nitrogens is 3. The minimum atomic E-state index is -1.10. The van der Waals surface area contributed by atoms with E-state index < -0.39 is 35.0 Å². The molecule has 0 unspecified atom stereocenters. The maximum absolute atomic E-state index is 13.6. The summed E-state index contributed by atoms with van der Waals surface area (Å²) >= 11 is 0. The van der Waals surface area contributed by atoms with Crippen LogP contribution in [0.1, 0.15) is 17.3 Å². The number of hydrogen-bond donors (Lipinski definition) is 2. The van der Waals surface area contributed by atoms with Gasteiger partial charge in [0.25, 0.3) is 17.4 Å². The average Bonchev–Trinajstić information content (AvgIpc) is 2.75. The summed E-state index contributed by atoms with van der Waals surface area (Å²) in [6, 6.07) is 6.86. The van der Waals surface area contributed by atoms with E-state index in [1.807, 2.05) is 0 Å². The first-order valence-corrected chi connectivity index (χ1v) is 8.78. The van der Waals surface area contributed by atoms with E-state index in [1.165, 1.54) is 56.0 Å². The summed E-state index contributed by atoms with van der Waals surface area (Å²) in [5.74, 6) is -2.20. The van der Waals surface area contributed by atoms with Crippen molar-refractivity contribution >= 4 is 22.8 Å². The normalized spacial score (nSPS) is 11.7. The number of pyridine rings is 1. The molecule has 10 nitrogen and oxygen atoms in total. The minimum Gasteiger partial charge on any atom is -0.478 e. The van der Waals surface area contributed by atoms with Gasteiger partial charge in [-0.1, -0.05) is 12.1 Å². The number of amides is 2. The highest BCUT2D eigenvalue weighted by molar-refractivity contribution is 5.97. The Labute approximate surface area is 168 Å². The summed E-state index contributed by atoms with van der Waals surface area (Å²) in [5.41, 5.74) is 3.29. The van der Waals surface area contributed by atoms with Gasteiger partial charge in [0.2, 0.25) is 0 Å². The van der Waals surface area contributed by atoms with Crippen molar-refractivity contribution in [1.29, 1.82) is 0 Å². The molecule has 2 heterocycles. The summed E-state index contributed by atoms with van der Waals surface area (Å²) in [4.78, 5) is 52.7. The first kappa shape index (κ1) is 20.7. The predicted octanol–water partition coefficient (Wildman–Crippen LogP) is -0.000200. The number of nitrogens with zero attached hydrogens (tertiary/aromatic N) is 3. The number of rotatable bonds is 4. The zero-order valence-electron chi connectivity index (χ0n) is 16.3. The van der Waals surface area contributed by atoms with Gasteiger partial charge in [0, 0.05) is 20.3 Å². The second-order valence-corrected chi connectivity index (χ2v) is 6.43. The lowest BCUT2D eigenvalue weighted by atomic mass is 10.2. The van der Waals surface area contributed by atoms with Gasteiger partial charge in [0.1, 0.15) is 5.65 Å². The average molecular weight is 415 g/mol. The van der Waals surface area contributed by atoms with Crippen LogP contribution in [-0.4, -0.2) is 32.0 Å².